The predicted molar refractivity (Wildman–Crippen MR) is 115 cm³/mol. The molecule has 3 aromatic rings. The van der Waals surface area contributed by atoms with Crippen LogP contribution in [0.3, 0.4) is 0 Å². The fourth-order valence-electron chi connectivity index (χ4n) is 3.28. The van der Waals surface area contributed by atoms with Crippen molar-refractivity contribution < 1.29 is 9.32 Å². The number of aryl methyl sites for hydroxylation is 2. The van der Waals surface area contributed by atoms with Crippen molar-refractivity contribution in [1.29, 1.82) is 0 Å². The molecule has 0 aliphatic carbocycles. The summed E-state index contributed by atoms with van der Waals surface area (Å²) in [6.07, 6.45) is 0.783. The molecule has 0 saturated heterocycles. The van der Waals surface area contributed by atoms with Crippen molar-refractivity contribution in [1.82, 2.24) is 15.1 Å². The first-order valence-electron chi connectivity index (χ1n) is 9.93. The van der Waals surface area contributed by atoms with Crippen molar-refractivity contribution in [2.45, 2.75) is 41.0 Å². The van der Waals surface area contributed by atoms with Crippen LogP contribution in [0.25, 0.3) is 22.8 Å². The van der Waals surface area contributed by atoms with Crippen LogP contribution in [0.1, 0.15) is 39.0 Å². The Kier molecular flexibility index (Phi) is 6.26. The zero-order chi connectivity index (χ0) is 21.0. The Morgan fingerprint density at radius 2 is 1.83 bits per heavy atom. The molecule has 7 heteroatoms. The van der Waals surface area contributed by atoms with E-state index in [1.807, 2.05) is 44.2 Å². The largest absolute Gasteiger partial charge is 0.357 e. The first kappa shape index (κ1) is 20.5. The number of pyridine rings is 1. The van der Waals surface area contributed by atoms with E-state index in [0.29, 0.717) is 11.7 Å². The lowest BCUT2D eigenvalue weighted by molar-refractivity contribution is -0.114. The van der Waals surface area contributed by atoms with Gasteiger partial charge in [0.1, 0.15) is 5.82 Å². The molecule has 0 aliphatic heterocycles. The lowest BCUT2D eigenvalue weighted by Crippen LogP contribution is -2.23. The Labute approximate surface area is 171 Å². The quantitative estimate of drug-likeness (QED) is 0.637. The number of amides is 1. The lowest BCUT2D eigenvalue weighted by atomic mass is 10.1. The standard InChI is InChI=1S/C22H27N5O2/c1-6-16-12-17(9-10-19(16)24-15(5)28)21-25-22(29-26-21)18-11-14(4)23-20(13-18)27(7-2)8-3/h9-13H,6-8H2,1-5H3,(H,24,28). The number of rotatable bonds is 7. The molecule has 3 rings (SSSR count). The Balaban J connectivity index is 1.94. The highest BCUT2D eigenvalue weighted by atomic mass is 16.5. The molecule has 2 aromatic heterocycles. The average molecular weight is 393 g/mol. The van der Waals surface area contributed by atoms with E-state index in [4.69, 9.17) is 4.52 Å². The van der Waals surface area contributed by atoms with Gasteiger partial charge in [-0.1, -0.05) is 12.1 Å². The van der Waals surface area contributed by atoms with Crippen molar-refractivity contribution in [2.75, 3.05) is 23.3 Å². The van der Waals surface area contributed by atoms with Gasteiger partial charge in [-0.25, -0.2) is 4.98 Å². The highest BCUT2D eigenvalue weighted by Gasteiger charge is 2.15. The molecule has 0 aliphatic rings. The van der Waals surface area contributed by atoms with Crippen molar-refractivity contribution >= 4 is 17.4 Å². The van der Waals surface area contributed by atoms with Crippen molar-refractivity contribution in [3.63, 3.8) is 0 Å². The van der Waals surface area contributed by atoms with Gasteiger partial charge in [0.15, 0.2) is 0 Å². The van der Waals surface area contributed by atoms with Gasteiger partial charge < -0.3 is 14.7 Å². The van der Waals surface area contributed by atoms with E-state index >= 15 is 0 Å². The summed E-state index contributed by atoms with van der Waals surface area (Å²) in [5.41, 5.74) is 4.43. The van der Waals surface area contributed by atoms with Gasteiger partial charge in [0, 0.05) is 42.5 Å². The van der Waals surface area contributed by atoms with Gasteiger partial charge in [-0.2, -0.15) is 4.98 Å². The number of nitrogens with zero attached hydrogens (tertiary/aromatic N) is 4. The molecular weight excluding hydrogens is 366 g/mol. The van der Waals surface area contributed by atoms with Crippen LogP contribution in [-0.2, 0) is 11.2 Å². The predicted octanol–water partition coefficient (Wildman–Crippen LogP) is 4.47. The van der Waals surface area contributed by atoms with Gasteiger partial charge in [0.25, 0.3) is 5.89 Å². The fraction of sp³-hybridized carbons (Fsp3) is 0.364. The van der Waals surface area contributed by atoms with E-state index in [1.54, 1.807) is 0 Å². The molecule has 0 atom stereocenters. The molecule has 0 unspecified atom stereocenters. The summed E-state index contributed by atoms with van der Waals surface area (Å²) in [6.45, 7) is 11.5. The molecule has 0 bridgehead atoms. The SMILES string of the molecule is CCc1cc(-c2noc(-c3cc(C)nc(N(CC)CC)c3)n2)ccc1NC(C)=O. The number of aromatic nitrogens is 3. The lowest BCUT2D eigenvalue weighted by Gasteiger charge is -2.20. The van der Waals surface area contributed by atoms with Crippen LogP contribution >= 0.6 is 0 Å². The fourth-order valence-corrected chi connectivity index (χ4v) is 3.28. The van der Waals surface area contributed by atoms with Crippen LogP contribution in [-0.4, -0.2) is 34.1 Å². The molecule has 29 heavy (non-hydrogen) atoms. The summed E-state index contributed by atoms with van der Waals surface area (Å²) in [5, 5.41) is 7.02. The second-order valence-corrected chi connectivity index (χ2v) is 6.86. The number of anilines is 2. The van der Waals surface area contributed by atoms with Gasteiger partial charge in [-0.05, 0) is 63.1 Å². The van der Waals surface area contributed by atoms with Crippen molar-refractivity contribution in [2.24, 2.45) is 0 Å². The van der Waals surface area contributed by atoms with E-state index in [9.17, 15) is 4.79 Å². The third-order valence-electron chi connectivity index (χ3n) is 4.76. The van der Waals surface area contributed by atoms with Crippen molar-refractivity contribution in [3.05, 3.63) is 41.6 Å². The molecular formula is C22H27N5O2. The molecule has 0 radical (unpaired) electrons. The molecule has 7 nitrogen and oxygen atoms in total. The molecule has 1 amide bonds. The molecule has 152 valence electrons. The van der Waals surface area contributed by atoms with Crippen LogP contribution in [0.2, 0.25) is 0 Å². The van der Waals surface area contributed by atoms with Gasteiger partial charge in [0.05, 0.1) is 0 Å². The summed E-state index contributed by atoms with van der Waals surface area (Å²) in [5.74, 6) is 1.79. The number of benzene rings is 1. The second-order valence-electron chi connectivity index (χ2n) is 6.86. The smallest absolute Gasteiger partial charge is 0.258 e. The Morgan fingerprint density at radius 1 is 1.07 bits per heavy atom. The summed E-state index contributed by atoms with van der Waals surface area (Å²) in [7, 11) is 0. The number of carbonyl (C=O) groups excluding carboxylic acids is 1. The van der Waals surface area contributed by atoms with Crippen LogP contribution in [0.15, 0.2) is 34.9 Å². The normalized spacial score (nSPS) is 10.8. The van der Waals surface area contributed by atoms with E-state index in [2.05, 4.69) is 39.2 Å². The third kappa shape index (κ3) is 4.62. The molecule has 1 N–H and O–H groups in total. The third-order valence-corrected chi connectivity index (χ3v) is 4.76. The minimum Gasteiger partial charge on any atom is -0.357 e. The Hall–Kier alpha value is -3.22. The highest BCUT2D eigenvalue weighted by Crippen LogP contribution is 2.28. The van der Waals surface area contributed by atoms with Gasteiger partial charge >= 0.3 is 0 Å². The maximum Gasteiger partial charge on any atom is 0.258 e. The van der Waals surface area contributed by atoms with Crippen LogP contribution < -0.4 is 10.2 Å². The summed E-state index contributed by atoms with van der Waals surface area (Å²) in [4.78, 5) is 22.8. The molecule has 0 saturated carbocycles. The minimum atomic E-state index is -0.0913. The first-order valence-corrected chi connectivity index (χ1v) is 9.93. The van der Waals surface area contributed by atoms with Gasteiger partial charge in [0.2, 0.25) is 11.7 Å². The molecule has 0 fully saturated rings. The highest BCUT2D eigenvalue weighted by molar-refractivity contribution is 5.90. The molecule has 1 aromatic carbocycles. The monoisotopic (exact) mass is 393 g/mol. The second kappa shape index (κ2) is 8.86. The van der Waals surface area contributed by atoms with E-state index in [0.717, 1.165) is 53.4 Å². The van der Waals surface area contributed by atoms with E-state index in [-0.39, 0.29) is 5.91 Å². The topological polar surface area (TPSA) is 84.2 Å². The van der Waals surface area contributed by atoms with Crippen LogP contribution in [0, 0.1) is 6.92 Å². The maximum absolute atomic E-state index is 11.4. The number of hydrogen-bond acceptors (Lipinski definition) is 6. The Bertz CT molecular complexity index is 1010. The Morgan fingerprint density at radius 3 is 2.48 bits per heavy atom. The maximum atomic E-state index is 11.4. The van der Waals surface area contributed by atoms with Crippen LogP contribution in [0.5, 0.6) is 0 Å². The first-order chi connectivity index (χ1) is 13.9. The number of hydrogen-bond donors (Lipinski definition) is 1. The number of nitrogens with one attached hydrogen (secondary N) is 1. The summed E-state index contributed by atoms with van der Waals surface area (Å²) in [6, 6.07) is 9.67. The molecule has 2 heterocycles. The van der Waals surface area contributed by atoms with E-state index in [1.165, 1.54) is 6.92 Å². The van der Waals surface area contributed by atoms with Gasteiger partial charge in [-0.15, -0.1) is 0 Å². The minimum absolute atomic E-state index is 0.0913. The molecule has 0 spiro atoms. The number of carbonyl (C=O) groups is 1. The van der Waals surface area contributed by atoms with Crippen molar-refractivity contribution in [3.8, 4) is 22.8 Å². The zero-order valence-electron chi connectivity index (χ0n) is 17.6. The zero-order valence-corrected chi connectivity index (χ0v) is 17.6. The average Bonchev–Trinajstić information content (AvgIpc) is 3.19. The van der Waals surface area contributed by atoms with Gasteiger partial charge in [-0.3, -0.25) is 4.79 Å². The summed E-state index contributed by atoms with van der Waals surface area (Å²) >= 11 is 0. The summed E-state index contributed by atoms with van der Waals surface area (Å²) < 4.78 is 5.55. The van der Waals surface area contributed by atoms with Crippen LogP contribution in [0.4, 0.5) is 11.5 Å². The van der Waals surface area contributed by atoms with E-state index < -0.39 is 0 Å².